The molecule has 109 heavy (non-hydrogen) atoms. The van der Waals surface area contributed by atoms with Gasteiger partial charge in [-0.25, -0.2) is 0 Å². The van der Waals surface area contributed by atoms with E-state index in [0.29, 0.717) is 336 Å². The lowest BCUT2D eigenvalue weighted by Gasteiger charge is -2.28. The Morgan fingerprint density at radius 2 is 0.431 bits per heavy atom. The van der Waals surface area contributed by atoms with Crippen molar-refractivity contribution >= 4 is 23.8 Å². The fraction of sp³-hybridized carbons (Fsp3) is 0.947. The fourth-order valence-electron chi connectivity index (χ4n) is 9.94. The highest BCUT2D eigenvalue weighted by molar-refractivity contribution is 6.01. The highest BCUT2D eigenvalue weighted by Gasteiger charge is 2.44. The largest absolute Gasteiger partial charge is 0.481 e. The van der Waals surface area contributed by atoms with Crippen molar-refractivity contribution in [2.45, 2.75) is 142 Å². The summed E-state index contributed by atoms with van der Waals surface area (Å²) in [5.74, 6) is 1.99. The molecule has 0 aliphatic heterocycles. The van der Waals surface area contributed by atoms with Gasteiger partial charge in [-0.3, -0.25) is 19.2 Å². The Morgan fingerprint density at radius 3 is 0.624 bits per heavy atom. The van der Waals surface area contributed by atoms with Gasteiger partial charge in [0.1, 0.15) is 5.41 Å². The Bertz CT molecular complexity index is 1850. The number of ether oxygens (including phenoxy) is 24. The van der Waals surface area contributed by atoms with Gasteiger partial charge in [0.2, 0.25) is 5.91 Å². The topological polar surface area (TPSA) is 378 Å². The number of hydrogen-bond acceptors (Lipinski definition) is 30. The van der Waals surface area contributed by atoms with Crippen LogP contribution in [0.5, 0.6) is 0 Å². The average molecular weight is 1590 g/mol. The number of nitrogens with two attached hydrogens (primary N) is 1. The molecular formula is C76H148N2O31. The van der Waals surface area contributed by atoms with E-state index >= 15 is 0 Å². The zero-order valence-corrected chi connectivity index (χ0v) is 66.8. The van der Waals surface area contributed by atoms with E-state index < -0.39 is 29.2 Å². The van der Waals surface area contributed by atoms with Crippen molar-refractivity contribution in [2.75, 3.05) is 324 Å². The van der Waals surface area contributed by atoms with Crippen LogP contribution < -0.4 is 11.2 Å². The molecule has 0 aliphatic carbocycles. The Hall–Kier alpha value is -3.12. The molecule has 0 aromatic heterocycles. The molecule has 33 heteroatoms. The number of rotatable bonds is 98. The number of aliphatic carboxylic acids is 2. The van der Waals surface area contributed by atoms with Crippen LogP contribution in [0, 0.1) is 5.41 Å². The minimum Gasteiger partial charge on any atom is -0.481 e. The second kappa shape index (κ2) is 92.1. The van der Waals surface area contributed by atoms with Crippen LogP contribution in [-0.4, -0.2) is 358 Å². The van der Waals surface area contributed by atoms with Crippen molar-refractivity contribution in [3.8, 4) is 0 Å². The molecule has 5 N–H and O–H groups in total. The molecule has 1 amide bonds. The molecule has 0 rings (SSSR count). The first-order valence-electron chi connectivity index (χ1n) is 40.3. The first-order valence-corrected chi connectivity index (χ1v) is 40.3. The number of carbonyl (C=O) groups excluding carboxylic acids is 2. The summed E-state index contributed by atoms with van der Waals surface area (Å²) in [6.07, 6.45) is 18.1. The molecule has 0 bridgehead atoms. The van der Waals surface area contributed by atoms with Gasteiger partial charge in [0.15, 0.2) is 0 Å². The number of carboxylic acids is 2. The third-order valence-electron chi connectivity index (χ3n) is 16.0. The number of carbonyl (C=O) groups is 4. The van der Waals surface area contributed by atoms with Crippen molar-refractivity contribution in [1.82, 2.24) is 5.32 Å². The minimum absolute atomic E-state index is 0.108. The summed E-state index contributed by atoms with van der Waals surface area (Å²) >= 11 is 0. The lowest BCUT2D eigenvalue weighted by atomic mass is 9.76. The van der Waals surface area contributed by atoms with E-state index in [1.165, 1.54) is 32.1 Å². The molecule has 0 aromatic carbocycles. The van der Waals surface area contributed by atoms with Crippen molar-refractivity contribution in [2.24, 2.45) is 11.3 Å². The maximum absolute atomic E-state index is 13.6. The Kier molecular flexibility index (Phi) is 89.4. The van der Waals surface area contributed by atoms with E-state index in [-0.39, 0.29) is 32.6 Å². The van der Waals surface area contributed by atoms with E-state index in [9.17, 15) is 24.3 Å². The Morgan fingerprint density at radius 1 is 0.248 bits per heavy atom. The number of amides is 1. The van der Waals surface area contributed by atoms with E-state index in [1.807, 2.05) is 0 Å². The summed E-state index contributed by atoms with van der Waals surface area (Å²) in [6.45, 7) is 23.7. The van der Waals surface area contributed by atoms with E-state index in [1.54, 1.807) is 0 Å². The van der Waals surface area contributed by atoms with Crippen LogP contribution in [-0.2, 0) is 138 Å². The minimum atomic E-state index is -1.46. The predicted molar refractivity (Wildman–Crippen MR) is 403 cm³/mol. The third kappa shape index (κ3) is 84.1. The molecule has 0 heterocycles. The molecule has 0 spiro atoms. The molecule has 1 unspecified atom stereocenters. The lowest BCUT2D eigenvalue weighted by Crippen LogP contribution is -2.47. The van der Waals surface area contributed by atoms with Gasteiger partial charge >= 0.3 is 17.9 Å². The first kappa shape index (κ1) is 106. The summed E-state index contributed by atoms with van der Waals surface area (Å²) in [5, 5.41) is 22.2. The fourth-order valence-corrected chi connectivity index (χ4v) is 9.94. The van der Waals surface area contributed by atoms with Gasteiger partial charge in [-0.1, -0.05) is 110 Å². The molecule has 0 saturated heterocycles. The quantitative estimate of drug-likeness (QED) is 0.0295. The summed E-state index contributed by atoms with van der Waals surface area (Å²) in [6, 6.07) is 0. The first-order chi connectivity index (χ1) is 53.8. The molecule has 0 aromatic rings. The highest BCUT2D eigenvalue weighted by atomic mass is 16.7. The Balaban J connectivity index is 3.41. The third-order valence-corrected chi connectivity index (χ3v) is 16.0. The molecule has 648 valence electrons. The number of carboxylic acid groups (broad SMARTS) is 2. The van der Waals surface area contributed by atoms with Crippen molar-refractivity contribution in [3.63, 3.8) is 0 Å². The molecule has 0 radical (unpaired) electrons. The second-order valence-electron chi connectivity index (χ2n) is 24.9. The standard InChI is InChI=1S/C76H148N2O31/c1-2-3-4-5-6-8-11-14-17-21-76(75(83)84,22-18-15-12-9-7-10-13-16-19-72(79)80)74(82)78-23-25-86-27-29-88-31-33-90-35-37-92-39-41-94-43-45-96-47-49-98-51-53-100-55-57-102-59-61-104-63-65-106-67-69-108-71-70-107-68-66-105-64-62-103-60-58-101-56-54-99-52-50-97-48-46-95-44-42-93-40-38-91-36-34-89-32-30-87-28-26-85-24-20-73(81)109-77/h2-71,77H2,1H3,(H,78,82)(H,79,80)(H,83,84). The lowest BCUT2D eigenvalue weighted by molar-refractivity contribution is -0.157. The predicted octanol–water partition coefficient (Wildman–Crippen LogP) is 6.29. The second-order valence-corrected chi connectivity index (χ2v) is 24.9. The maximum atomic E-state index is 13.6. The van der Waals surface area contributed by atoms with Crippen LogP contribution >= 0.6 is 0 Å². The van der Waals surface area contributed by atoms with E-state index in [0.717, 1.165) is 57.8 Å². The van der Waals surface area contributed by atoms with E-state index in [2.05, 4.69) is 17.1 Å². The normalized spacial score (nSPS) is 12.2. The van der Waals surface area contributed by atoms with Gasteiger partial charge in [-0.05, 0) is 19.3 Å². The van der Waals surface area contributed by atoms with E-state index in [4.69, 9.17) is 125 Å². The van der Waals surface area contributed by atoms with Crippen LogP contribution in [0.3, 0.4) is 0 Å². The van der Waals surface area contributed by atoms with Crippen molar-refractivity contribution in [3.05, 3.63) is 0 Å². The van der Waals surface area contributed by atoms with Gasteiger partial charge in [-0.15, -0.1) is 0 Å². The van der Waals surface area contributed by atoms with Crippen molar-refractivity contribution in [1.29, 1.82) is 0 Å². The molecular weight excluding hydrogens is 1440 g/mol. The molecule has 0 aliphatic rings. The highest BCUT2D eigenvalue weighted by Crippen LogP contribution is 2.33. The summed E-state index contributed by atoms with van der Waals surface area (Å²) < 4.78 is 132. The zero-order valence-electron chi connectivity index (χ0n) is 66.8. The maximum Gasteiger partial charge on any atom is 0.326 e. The van der Waals surface area contributed by atoms with Gasteiger partial charge in [0.25, 0.3) is 0 Å². The molecule has 33 nitrogen and oxygen atoms in total. The SMILES string of the molecule is CCCCCCCCCCCC(CCCCCCCCCCC(=O)O)(C(=O)O)C(=O)NCCOCCOCCOCCOCCOCCOCCOCCOCCOCCOCCOCCOCCOCCOCCOCCOCCOCCOCCOCCOCCOCCOCCOCCOCCC(=O)ON. The monoisotopic (exact) mass is 1590 g/mol. The summed E-state index contributed by atoms with van der Waals surface area (Å²) in [7, 11) is 0. The van der Waals surface area contributed by atoms with Crippen LogP contribution in [0.1, 0.15) is 142 Å². The van der Waals surface area contributed by atoms with Crippen LogP contribution in [0.2, 0.25) is 0 Å². The van der Waals surface area contributed by atoms with Gasteiger partial charge < -0.3 is 134 Å². The van der Waals surface area contributed by atoms with Crippen LogP contribution in [0.25, 0.3) is 0 Å². The smallest absolute Gasteiger partial charge is 0.326 e. The van der Waals surface area contributed by atoms with Gasteiger partial charge in [-0.2, -0.15) is 5.90 Å². The van der Waals surface area contributed by atoms with Gasteiger partial charge in [0.05, 0.1) is 324 Å². The number of nitrogens with one attached hydrogen (secondary N) is 1. The molecule has 1 atom stereocenters. The Labute approximate surface area is 651 Å². The summed E-state index contributed by atoms with van der Waals surface area (Å²) in [4.78, 5) is 52.0. The zero-order chi connectivity index (χ0) is 78.7. The van der Waals surface area contributed by atoms with Crippen molar-refractivity contribution < 1.29 is 148 Å². The van der Waals surface area contributed by atoms with Gasteiger partial charge in [0, 0.05) is 13.0 Å². The van der Waals surface area contributed by atoms with Crippen LogP contribution in [0.15, 0.2) is 0 Å². The van der Waals surface area contributed by atoms with Crippen LogP contribution in [0.4, 0.5) is 0 Å². The number of hydrogen-bond donors (Lipinski definition) is 4. The number of unbranched alkanes of at least 4 members (excludes halogenated alkanes) is 15. The average Bonchev–Trinajstić information content (AvgIpc) is 0.819. The molecule has 0 fully saturated rings. The molecule has 0 saturated carbocycles. The summed E-state index contributed by atoms with van der Waals surface area (Å²) in [5.41, 5.74) is -1.46.